The van der Waals surface area contributed by atoms with Crippen LogP contribution in [0.25, 0.3) is 0 Å². The predicted molar refractivity (Wildman–Crippen MR) is 126 cm³/mol. The van der Waals surface area contributed by atoms with E-state index in [2.05, 4.69) is 35.9 Å². The van der Waals surface area contributed by atoms with E-state index in [1.54, 1.807) is 18.9 Å². The quantitative estimate of drug-likeness (QED) is 0.363. The van der Waals surface area contributed by atoms with Crippen molar-refractivity contribution in [2.45, 2.75) is 31.7 Å². The van der Waals surface area contributed by atoms with Gasteiger partial charge in [-0.15, -0.1) is 0 Å². The highest BCUT2D eigenvalue weighted by Gasteiger charge is 2.20. The fraction of sp³-hybridized carbons (Fsp3) is 0.522. The number of amides is 1. The number of anilines is 1. The Morgan fingerprint density at radius 1 is 1.19 bits per heavy atom. The maximum atomic E-state index is 12.3. The van der Waals surface area contributed by atoms with Gasteiger partial charge in [0.1, 0.15) is 5.82 Å². The highest BCUT2D eigenvalue weighted by molar-refractivity contribution is 7.98. The first kappa shape index (κ1) is 23.5. The molecule has 31 heavy (non-hydrogen) atoms. The van der Waals surface area contributed by atoms with Crippen molar-refractivity contribution in [1.82, 2.24) is 20.2 Å². The molecular weight excluding hydrogens is 410 g/mol. The Morgan fingerprint density at radius 2 is 1.97 bits per heavy atom. The molecule has 8 heteroatoms. The number of hydrogen-bond acceptors (Lipinski definition) is 7. The Bertz CT molecular complexity index is 884. The Morgan fingerprint density at radius 3 is 2.68 bits per heavy atom. The number of ether oxygens (including phenoxy) is 1. The van der Waals surface area contributed by atoms with E-state index in [-0.39, 0.29) is 5.91 Å². The SMILES string of the molecule is CCN1CCN(c2nc(SCc3cccc(C(=O)NCCOC)c3)nc(C)c2C)CC1. The summed E-state index contributed by atoms with van der Waals surface area (Å²) in [5, 5.41) is 3.64. The molecule has 1 fully saturated rings. The second kappa shape index (κ2) is 11.5. The summed E-state index contributed by atoms with van der Waals surface area (Å²) in [6.07, 6.45) is 0. The van der Waals surface area contributed by atoms with Crippen molar-refractivity contribution >= 4 is 23.5 Å². The molecule has 168 valence electrons. The first-order valence-electron chi connectivity index (χ1n) is 10.8. The monoisotopic (exact) mass is 443 g/mol. The predicted octanol–water partition coefficient (Wildman–Crippen LogP) is 2.90. The fourth-order valence-corrected chi connectivity index (χ4v) is 4.38. The van der Waals surface area contributed by atoms with E-state index in [0.717, 1.165) is 60.5 Å². The van der Waals surface area contributed by atoms with Crippen LogP contribution in [0.15, 0.2) is 29.4 Å². The lowest BCUT2D eigenvalue weighted by atomic mass is 10.1. The summed E-state index contributed by atoms with van der Waals surface area (Å²) in [7, 11) is 1.62. The molecule has 1 aromatic heterocycles. The zero-order valence-electron chi connectivity index (χ0n) is 19.0. The molecular formula is C23H33N5O2S. The first-order chi connectivity index (χ1) is 15.0. The van der Waals surface area contributed by atoms with Crippen LogP contribution in [0.3, 0.4) is 0 Å². The Labute approximate surface area is 189 Å². The summed E-state index contributed by atoms with van der Waals surface area (Å²) >= 11 is 1.61. The minimum absolute atomic E-state index is 0.0835. The highest BCUT2D eigenvalue weighted by Crippen LogP contribution is 2.27. The van der Waals surface area contributed by atoms with Crippen molar-refractivity contribution in [2.24, 2.45) is 0 Å². The lowest BCUT2D eigenvalue weighted by molar-refractivity contribution is 0.0937. The van der Waals surface area contributed by atoms with Crippen LogP contribution in [-0.2, 0) is 10.5 Å². The zero-order chi connectivity index (χ0) is 22.2. The van der Waals surface area contributed by atoms with Crippen LogP contribution in [-0.4, -0.2) is 73.8 Å². The molecule has 0 spiro atoms. The van der Waals surface area contributed by atoms with Crippen LogP contribution < -0.4 is 10.2 Å². The molecule has 0 unspecified atom stereocenters. The number of thioether (sulfide) groups is 1. The van der Waals surface area contributed by atoms with Crippen LogP contribution in [0.5, 0.6) is 0 Å². The van der Waals surface area contributed by atoms with E-state index in [9.17, 15) is 4.79 Å². The van der Waals surface area contributed by atoms with Gasteiger partial charge in [0.2, 0.25) is 0 Å². The summed E-state index contributed by atoms with van der Waals surface area (Å²) in [6.45, 7) is 12.6. The largest absolute Gasteiger partial charge is 0.383 e. The zero-order valence-corrected chi connectivity index (χ0v) is 19.8. The second-order valence-electron chi connectivity index (χ2n) is 7.70. The normalized spacial score (nSPS) is 14.6. The molecule has 1 aliphatic rings. The van der Waals surface area contributed by atoms with Gasteiger partial charge in [0.05, 0.1) is 6.61 Å². The standard InChI is InChI=1S/C23H33N5O2S/c1-5-27-10-12-28(13-11-27)21-17(2)18(3)25-23(26-21)31-16-19-7-6-8-20(15-19)22(29)24-9-14-30-4/h6-8,15H,5,9-14,16H2,1-4H3,(H,24,29). The molecule has 1 amide bonds. The van der Waals surface area contributed by atoms with Gasteiger partial charge in [-0.2, -0.15) is 0 Å². The van der Waals surface area contributed by atoms with Gasteiger partial charge in [-0.3, -0.25) is 4.79 Å². The van der Waals surface area contributed by atoms with Crippen molar-refractivity contribution in [3.8, 4) is 0 Å². The van der Waals surface area contributed by atoms with Crippen LogP contribution in [0.1, 0.15) is 34.1 Å². The van der Waals surface area contributed by atoms with Gasteiger partial charge in [0.15, 0.2) is 5.16 Å². The molecule has 3 rings (SSSR count). The molecule has 1 N–H and O–H groups in total. The first-order valence-corrected chi connectivity index (χ1v) is 11.8. The van der Waals surface area contributed by atoms with Crippen molar-refractivity contribution in [2.75, 3.05) is 57.9 Å². The molecule has 7 nitrogen and oxygen atoms in total. The van der Waals surface area contributed by atoms with E-state index in [1.807, 2.05) is 24.3 Å². The van der Waals surface area contributed by atoms with Crippen LogP contribution in [0.2, 0.25) is 0 Å². The van der Waals surface area contributed by atoms with Gasteiger partial charge in [0, 0.05) is 62.4 Å². The number of benzene rings is 1. The van der Waals surface area contributed by atoms with Gasteiger partial charge in [-0.05, 0) is 38.1 Å². The van der Waals surface area contributed by atoms with E-state index < -0.39 is 0 Å². The number of carbonyl (C=O) groups is 1. The second-order valence-corrected chi connectivity index (χ2v) is 8.64. The van der Waals surface area contributed by atoms with Gasteiger partial charge in [-0.25, -0.2) is 9.97 Å². The Hall–Kier alpha value is -2.16. The van der Waals surface area contributed by atoms with E-state index in [0.29, 0.717) is 24.5 Å². The summed E-state index contributed by atoms with van der Waals surface area (Å²) in [6, 6.07) is 7.71. The summed E-state index contributed by atoms with van der Waals surface area (Å²) in [5.41, 5.74) is 3.91. The highest BCUT2D eigenvalue weighted by atomic mass is 32.2. The number of nitrogens with zero attached hydrogens (tertiary/aromatic N) is 4. The number of nitrogens with one attached hydrogen (secondary N) is 1. The minimum atomic E-state index is -0.0835. The molecule has 0 saturated carbocycles. The number of carbonyl (C=O) groups excluding carboxylic acids is 1. The molecule has 2 aromatic rings. The molecule has 0 radical (unpaired) electrons. The molecule has 1 saturated heterocycles. The third-order valence-corrected chi connectivity index (χ3v) is 6.53. The molecule has 0 atom stereocenters. The van der Waals surface area contributed by atoms with Crippen molar-refractivity contribution in [1.29, 1.82) is 0 Å². The van der Waals surface area contributed by atoms with Gasteiger partial charge in [-0.1, -0.05) is 30.8 Å². The summed E-state index contributed by atoms with van der Waals surface area (Å²) in [4.78, 5) is 26.7. The van der Waals surface area contributed by atoms with Crippen molar-refractivity contribution < 1.29 is 9.53 Å². The molecule has 0 bridgehead atoms. The third kappa shape index (κ3) is 6.41. The van der Waals surface area contributed by atoms with Crippen molar-refractivity contribution in [3.63, 3.8) is 0 Å². The average Bonchev–Trinajstić information content (AvgIpc) is 2.80. The van der Waals surface area contributed by atoms with Gasteiger partial charge < -0.3 is 19.9 Å². The Balaban J connectivity index is 1.66. The maximum absolute atomic E-state index is 12.3. The Kier molecular flexibility index (Phi) is 8.69. The molecule has 1 aromatic carbocycles. The fourth-order valence-electron chi connectivity index (χ4n) is 3.56. The van der Waals surface area contributed by atoms with Gasteiger partial charge >= 0.3 is 0 Å². The van der Waals surface area contributed by atoms with E-state index >= 15 is 0 Å². The van der Waals surface area contributed by atoms with E-state index in [1.165, 1.54) is 0 Å². The van der Waals surface area contributed by atoms with Crippen LogP contribution in [0.4, 0.5) is 5.82 Å². The smallest absolute Gasteiger partial charge is 0.251 e. The number of piperazine rings is 1. The summed E-state index contributed by atoms with van der Waals surface area (Å²) < 4.78 is 4.98. The molecule has 1 aliphatic heterocycles. The maximum Gasteiger partial charge on any atom is 0.251 e. The number of likely N-dealkylation sites (N-methyl/N-ethyl adjacent to an activating group) is 1. The lowest BCUT2D eigenvalue weighted by Crippen LogP contribution is -2.46. The topological polar surface area (TPSA) is 70.6 Å². The minimum Gasteiger partial charge on any atom is -0.383 e. The summed E-state index contributed by atoms with van der Waals surface area (Å²) in [5.74, 6) is 1.68. The van der Waals surface area contributed by atoms with E-state index in [4.69, 9.17) is 14.7 Å². The molecule has 0 aliphatic carbocycles. The lowest BCUT2D eigenvalue weighted by Gasteiger charge is -2.35. The van der Waals surface area contributed by atoms with Gasteiger partial charge in [0.25, 0.3) is 5.91 Å². The number of methoxy groups -OCH3 is 1. The average molecular weight is 444 g/mol. The van der Waals surface area contributed by atoms with Crippen LogP contribution >= 0.6 is 11.8 Å². The van der Waals surface area contributed by atoms with Crippen LogP contribution in [0, 0.1) is 13.8 Å². The number of aromatic nitrogens is 2. The van der Waals surface area contributed by atoms with Crippen molar-refractivity contribution in [3.05, 3.63) is 46.6 Å². The number of aryl methyl sites for hydroxylation is 1. The third-order valence-electron chi connectivity index (χ3n) is 5.61. The molecule has 2 heterocycles. The number of hydrogen-bond donors (Lipinski definition) is 1. The number of rotatable bonds is 9.